The fourth-order valence-corrected chi connectivity index (χ4v) is 3.26. The van der Waals surface area contributed by atoms with Crippen LogP contribution in [-0.4, -0.2) is 21.7 Å². The zero-order valence-corrected chi connectivity index (χ0v) is 14.5. The highest BCUT2D eigenvalue weighted by Crippen LogP contribution is 2.32. The van der Waals surface area contributed by atoms with Crippen LogP contribution in [0.15, 0.2) is 48.7 Å². The van der Waals surface area contributed by atoms with Crippen LogP contribution in [-0.2, 0) is 6.42 Å². The number of fused-ring (bicyclic) bond motifs is 1. The predicted molar refractivity (Wildman–Crippen MR) is 101 cm³/mol. The molecule has 4 rings (SSSR count). The van der Waals surface area contributed by atoms with Gasteiger partial charge in [0.05, 0.1) is 6.20 Å². The number of anilines is 4. The SMILES string of the molecule is Cc1cccc(Nc2nncc(N3CCCc4ccccc43)n2)c1C. The second kappa shape index (κ2) is 6.51. The first-order valence-electron chi connectivity index (χ1n) is 8.61. The first-order chi connectivity index (χ1) is 12.2. The summed E-state index contributed by atoms with van der Waals surface area (Å²) >= 11 is 0. The molecule has 1 N–H and O–H groups in total. The Bertz CT molecular complexity index is 906. The van der Waals surface area contributed by atoms with Gasteiger partial charge in [0.15, 0.2) is 5.82 Å². The van der Waals surface area contributed by atoms with Gasteiger partial charge in [-0.2, -0.15) is 10.1 Å². The van der Waals surface area contributed by atoms with Gasteiger partial charge in [0.25, 0.3) is 0 Å². The number of hydrogen-bond donors (Lipinski definition) is 1. The van der Waals surface area contributed by atoms with E-state index in [1.54, 1.807) is 6.20 Å². The Balaban J connectivity index is 1.66. The van der Waals surface area contributed by atoms with Crippen molar-refractivity contribution in [2.24, 2.45) is 0 Å². The van der Waals surface area contributed by atoms with E-state index in [2.05, 4.69) is 64.6 Å². The van der Waals surface area contributed by atoms with E-state index in [1.165, 1.54) is 22.4 Å². The fraction of sp³-hybridized carbons (Fsp3) is 0.250. The Morgan fingerprint density at radius 1 is 1.04 bits per heavy atom. The third-order valence-corrected chi connectivity index (χ3v) is 4.78. The molecule has 5 nitrogen and oxygen atoms in total. The molecule has 1 aromatic heterocycles. The van der Waals surface area contributed by atoms with Crippen LogP contribution < -0.4 is 10.2 Å². The van der Waals surface area contributed by atoms with Gasteiger partial charge < -0.3 is 10.2 Å². The van der Waals surface area contributed by atoms with E-state index in [1.807, 2.05) is 12.1 Å². The maximum absolute atomic E-state index is 4.70. The highest BCUT2D eigenvalue weighted by atomic mass is 15.3. The van der Waals surface area contributed by atoms with E-state index in [-0.39, 0.29) is 0 Å². The minimum atomic E-state index is 0.522. The molecule has 0 saturated heterocycles. The number of hydrogen-bond acceptors (Lipinski definition) is 5. The Labute approximate surface area is 147 Å². The summed E-state index contributed by atoms with van der Waals surface area (Å²) < 4.78 is 0. The lowest BCUT2D eigenvalue weighted by molar-refractivity contribution is 0.754. The average Bonchev–Trinajstić information content (AvgIpc) is 2.65. The maximum Gasteiger partial charge on any atom is 0.249 e. The fourth-order valence-electron chi connectivity index (χ4n) is 3.26. The van der Waals surface area contributed by atoms with Crippen molar-refractivity contribution < 1.29 is 0 Å². The summed E-state index contributed by atoms with van der Waals surface area (Å²) in [6.07, 6.45) is 3.95. The quantitative estimate of drug-likeness (QED) is 0.775. The summed E-state index contributed by atoms with van der Waals surface area (Å²) in [7, 11) is 0. The molecule has 0 saturated carbocycles. The number of aromatic nitrogens is 3. The second-order valence-corrected chi connectivity index (χ2v) is 6.39. The molecule has 0 aliphatic carbocycles. The molecule has 0 bridgehead atoms. The molecule has 3 aromatic rings. The second-order valence-electron chi connectivity index (χ2n) is 6.39. The number of rotatable bonds is 3. The topological polar surface area (TPSA) is 53.9 Å². The molecular weight excluding hydrogens is 310 g/mol. The number of aryl methyl sites for hydroxylation is 2. The molecule has 1 aliphatic rings. The van der Waals surface area contributed by atoms with E-state index < -0.39 is 0 Å². The van der Waals surface area contributed by atoms with Gasteiger partial charge in [-0.05, 0) is 55.5 Å². The first kappa shape index (κ1) is 15.6. The summed E-state index contributed by atoms with van der Waals surface area (Å²) in [4.78, 5) is 6.93. The van der Waals surface area contributed by atoms with Crippen LogP contribution >= 0.6 is 0 Å². The molecule has 2 heterocycles. The van der Waals surface area contributed by atoms with Crippen LogP contribution in [0.4, 0.5) is 23.1 Å². The molecule has 0 spiro atoms. The van der Waals surface area contributed by atoms with Gasteiger partial charge >= 0.3 is 0 Å². The lowest BCUT2D eigenvalue weighted by atomic mass is 10.0. The largest absolute Gasteiger partial charge is 0.325 e. The van der Waals surface area contributed by atoms with Crippen molar-refractivity contribution in [3.05, 3.63) is 65.4 Å². The Hall–Kier alpha value is -2.95. The molecule has 0 amide bonds. The van der Waals surface area contributed by atoms with Crippen LogP contribution in [0.25, 0.3) is 0 Å². The summed E-state index contributed by atoms with van der Waals surface area (Å²) in [5.41, 5.74) is 6.01. The van der Waals surface area contributed by atoms with Crippen molar-refractivity contribution in [2.45, 2.75) is 26.7 Å². The maximum atomic E-state index is 4.70. The Kier molecular flexibility index (Phi) is 4.06. The molecule has 0 radical (unpaired) electrons. The molecule has 0 unspecified atom stereocenters. The van der Waals surface area contributed by atoms with Crippen molar-refractivity contribution >= 4 is 23.1 Å². The highest BCUT2D eigenvalue weighted by molar-refractivity contribution is 5.66. The number of para-hydroxylation sites is 1. The van der Waals surface area contributed by atoms with Crippen molar-refractivity contribution in [1.29, 1.82) is 0 Å². The lowest BCUT2D eigenvalue weighted by Crippen LogP contribution is -2.25. The van der Waals surface area contributed by atoms with Gasteiger partial charge in [0.1, 0.15) is 0 Å². The van der Waals surface area contributed by atoms with Crippen LogP contribution in [0, 0.1) is 13.8 Å². The van der Waals surface area contributed by atoms with Gasteiger partial charge in [-0.15, -0.1) is 5.10 Å². The predicted octanol–water partition coefficient (Wildman–Crippen LogP) is 4.32. The van der Waals surface area contributed by atoms with E-state index in [9.17, 15) is 0 Å². The van der Waals surface area contributed by atoms with E-state index in [0.29, 0.717) is 5.95 Å². The van der Waals surface area contributed by atoms with Crippen molar-refractivity contribution in [1.82, 2.24) is 15.2 Å². The van der Waals surface area contributed by atoms with Gasteiger partial charge in [-0.25, -0.2) is 0 Å². The lowest BCUT2D eigenvalue weighted by Gasteiger charge is -2.30. The van der Waals surface area contributed by atoms with Gasteiger partial charge in [-0.1, -0.05) is 30.3 Å². The summed E-state index contributed by atoms with van der Waals surface area (Å²) in [5.74, 6) is 1.35. The van der Waals surface area contributed by atoms with E-state index in [0.717, 1.165) is 30.9 Å². The van der Waals surface area contributed by atoms with Crippen molar-refractivity contribution in [3.8, 4) is 0 Å². The summed E-state index contributed by atoms with van der Waals surface area (Å²) in [5, 5.41) is 11.6. The number of benzene rings is 2. The van der Waals surface area contributed by atoms with Gasteiger partial charge in [0, 0.05) is 17.9 Å². The monoisotopic (exact) mass is 331 g/mol. The summed E-state index contributed by atoms with van der Waals surface area (Å²) in [6.45, 7) is 5.13. The van der Waals surface area contributed by atoms with Crippen LogP contribution in [0.5, 0.6) is 0 Å². The molecular formula is C20H21N5. The van der Waals surface area contributed by atoms with Gasteiger partial charge in [0.2, 0.25) is 5.95 Å². The minimum absolute atomic E-state index is 0.522. The van der Waals surface area contributed by atoms with Crippen molar-refractivity contribution in [3.63, 3.8) is 0 Å². The highest BCUT2D eigenvalue weighted by Gasteiger charge is 2.19. The minimum Gasteiger partial charge on any atom is -0.325 e. The average molecular weight is 331 g/mol. The third kappa shape index (κ3) is 3.05. The van der Waals surface area contributed by atoms with E-state index >= 15 is 0 Å². The zero-order chi connectivity index (χ0) is 17.2. The molecule has 0 atom stereocenters. The number of nitrogens with zero attached hydrogens (tertiary/aromatic N) is 4. The third-order valence-electron chi connectivity index (χ3n) is 4.78. The van der Waals surface area contributed by atoms with Crippen LogP contribution in [0.3, 0.4) is 0 Å². The zero-order valence-electron chi connectivity index (χ0n) is 14.5. The molecule has 1 aliphatic heterocycles. The smallest absolute Gasteiger partial charge is 0.249 e. The molecule has 2 aromatic carbocycles. The first-order valence-corrected chi connectivity index (χ1v) is 8.61. The Morgan fingerprint density at radius 3 is 2.84 bits per heavy atom. The van der Waals surface area contributed by atoms with Crippen LogP contribution in [0.1, 0.15) is 23.1 Å². The molecule has 25 heavy (non-hydrogen) atoms. The summed E-state index contributed by atoms with van der Waals surface area (Å²) in [6, 6.07) is 14.7. The Morgan fingerprint density at radius 2 is 1.92 bits per heavy atom. The van der Waals surface area contributed by atoms with Crippen LogP contribution in [0.2, 0.25) is 0 Å². The normalized spacial score (nSPS) is 13.4. The molecule has 126 valence electrons. The number of nitrogens with one attached hydrogen (secondary N) is 1. The van der Waals surface area contributed by atoms with Gasteiger partial charge in [-0.3, -0.25) is 0 Å². The molecule has 5 heteroatoms. The van der Waals surface area contributed by atoms with E-state index in [4.69, 9.17) is 4.98 Å². The molecule has 0 fully saturated rings. The standard InChI is InChI=1S/C20H21N5/c1-14-7-5-10-17(15(14)2)22-20-23-19(13-21-24-20)25-12-6-9-16-8-3-4-11-18(16)25/h3-5,7-8,10-11,13H,6,9,12H2,1-2H3,(H,22,23,24). The van der Waals surface area contributed by atoms with Crippen molar-refractivity contribution in [2.75, 3.05) is 16.8 Å².